The van der Waals surface area contributed by atoms with E-state index in [-0.39, 0.29) is 128 Å². The molecule has 4 aliphatic rings. The van der Waals surface area contributed by atoms with Crippen molar-refractivity contribution in [1.82, 2.24) is 40.7 Å². The smallest absolute Gasteiger partial charge is 0.333 e. The molecule has 0 spiro atoms. The number of anilines is 1. The lowest BCUT2D eigenvalue weighted by atomic mass is 9.90. The lowest BCUT2D eigenvalue weighted by molar-refractivity contribution is -0.197. The summed E-state index contributed by atoms with van der Waals surface area (Å²) in [5.41, 5.74) is 4.75. The van der Waals surface area contributed by atoms with Gasteiger partial charge in [-0.15, -0.1) is 5.06 Å². The molecule has 6 rings (SSSR count). The highest BCUT2D eigenvalue weighted by atomic mass is 32.2. The summed E-state index contributed by atoms with van der Waals surface area (Å²) in [5, 5.41) is 12.1. The molecule has 3 heterocycles. The maximum absolute atomic E-state index is 14.5. The van der Waals surface area contributed by atoms with E-state index in [0.717, 1.165) is 59.3 Å². The zero-order valence-corrected chi connectivity index (χ0v) is 51.5. The maximum atomic E-state index is 14.5. The first-order valence-corrected chi connectivity index (χ1v) is 33.0. The average molecular weight is 1250 g/mol. The number of nitrogens with one attached hydrogen (secondary N) is 4. The Hall–Kier alpha value is -7.58. The van der Waals surface area contributed by atoms with E-state index in [4.69, 9.17) is 9.25 Å². The molecule has 2 aromatic rings. The third-order valence-corrected chi connectivity index (χ3v) is 16.8. The number of imide groups is 1. The number of hydrogen-bond acceptors (Lipinski definition) is 15. The predicted molar refractivity (Wildman–Crippen MR) is 322 cm³/mol. The lowest BCUT2D eigenvalue weighted by Crippen LogP contribution is -2.50. The number of carbonyl (C=O) groups is 9. The summed E-state index contributed by atoms with van der Waals surface area (Å²) in [6.07, 6.45) is -0.547. The van der Waals surface area contributed by atoms with Crippen molar-refractivity contribution in [3.63, 3.8) is 0 Å². The number of hydroxylamine groups is 2. The normalized spacial score (nSPS) is 14.4. The molecule has 0 aromatic heterocycles. The van der Waals surface area contributed by atoms with Crippen LogP contribution in [0.1, 0.15) is 122 Å². The van der Waals surface area contributed by atoms with Crippen molar-refractivity contribution >= 4 is 87.6 Å². The Balaban J connectivity index is 0.939. The Morgan fingerprint density at radius 2 is 1.29 bits per heavy atom. The van der Waals surface area contributed by atoms with Gasteiger partial charge in [0.1, 0.15) is 42.3 Å². The number of rotatable bonds is 32. The minimum absolute atomic E-state index is 0.000954. The first kappa shape index (κ1) is 68.5. The van der Waals surface area contributed by atoms with Crippen LogP contribution >= 0.6 is 7.60 Å². The summed E-state index contributed by atoms with van der Waals surface area (Å²) in [6.45, 7) is 12.8. The van der Waals surface area contributed by atoms with Crippen LogP contribution in [0.3, 0.4) is 0 Å². The van der Waals surface area contributed by atoms with Crippen LogP contribution in [0.2, 0.25) is 0 Å². The molecule has 2 unspecified atom stereocenters. The van der Waals surface area contributed by atoms with Crippen molar-refractivity contribution in [2.45, 2.75) is 123 Å². The first-order chi connectivity index (χ1) is 41.4. The van der Waals surface area contributed by atoms with Gasteiger partial charge in [-0.2, -0.15) is 8.42 Å². The molecule has 2 saturated heterocycles. The van der Waals surface area contributed by atoms with E-state index in [9.17, 15) is 70.5 Å². The lowest BCUT2D eigenvalue weighted by Gasteiger charge is -2.35. The summed E-state index contributed by atoms with van der Waals surface area (Å²) >= 11 is 0. The number of nitrogens with zero attached hydrogens (tertiary/aromatic N) is 5. The van der Waals surface area contributed by atoms with Crippen molar-refractivity contribution in [3.8, 4) is 22.5 Å². The number of amides is 8. The predicted octanol–water partition coefficient (Wildman–Crippen LogP) is 3.31. The van der Waals surface area contributed by atoms with Crippen molar-refractivity contribution in [1.29, 1.82) is 0 Å². The van der Waals surface area contributed by atoms with Gasteiger partial charge >= 0.3 is 13.6 Å². The fraction of sp³-hybridized carbons (Fsp3) is 0.525. The van der Waals surface area contributed by atoms with Crippen LogP contribution in [-0.4, -0.2) is 180 Å². The van der Waals surface area contributed by atoms with Gasteiger partial charge in [-0.3, -0.25) is 47.5 Å². The van der Waals surface area contributed by atoms with Crippen molar-refractivity contribution in [3.05, 3.63) is 71.6 Å². The topological polar surface area (TPSA) is 352 Å². The second kappa shape index (κ2) is 32.4. The SMILES string of the molecule is CCN(CC)c1ccc2c(-c3ccccc3C(=O)N3CCN(C(=O)CCCCC(=O)NC(CS(=O)(=O)O)C(=O)NCCCCC(=O)NC(CCP(=O)(O)O)C(=O)NCCCCC(=O)ON4C(=O)CCC4=O)CC3)c3ccc(=[N+](CC)CC)cc-3oc2c1. The van der Waals surface area contributed by atoms with Crippen molar-refractivity contribution < 1.29 is 79.7 Å². The molecular weight excluding hydrogens is 1170 g/mol. The molecule has 1 aliphatic carbocycles. The van der Waals surface area contributed by atoms with Gasteiger partial charge in [0.25, 0.3) is 27.8 Å². The molecule has 26 nitrogen and oxygen atoms in total. The number of unbranched alkanes of at least 4 members (excludes halogenated alkanes) is 3. The fourth-order valence-electron chi connectivity index (χ4n) is 10.4. The molecule has 7 N–H and O–H groups in total. The molecule has 2 atom stereocenters. The molecule has 0 bridgehead atoms. The maximum Gasteiger partial charge on any atom is 0.333 e. The summed E-state index contributed by atoms with van der Waals surface area (Å²) in [7, 11) is -9.33. The molecule has 474 valence electrons. The van der Waals surface area contributed by atoms with E-state index in [1.54, 1.807) is 9.80 Å². The zero-order chi connectivity index (χ0) is 63.4. The Bertz CT molecular complexity index is 3330. The van der Waals surface area contributed by atoms with E-state index in [0.29, 0.717) is 22.0 Å². The third kappa shape index (κ3) is 20.2. The summed E-state index contributed by atoms with van der Waals surface area (Å²) in [6, 6.07) is 16.9. The van der Waals surface area contributed by atoms with Gasteiger partial charge in [-0.05, 0) is 102 Å². The highest BCUT2D eigenvalue weighted by molar-refractivity contribution is 7.85. The largest absolute Gasteiger partial charge is 0.456 e. The molecule has 0 saturated carbocycles. The number of benzene rings is 3. The van der Waals surface area contributed by atoms with Crippen LogP contribution in [-0.2, 0) is 57.9 Å². The van der Waals surface area contributed by atoms with Crippen molar-refractivity contribution in [2.75, 3.05) is 82.3 Å². The van der Waals surface area contributed by atoms with E-state index in [2.05, 4.69) is 94.8 Å². The molecule has 0 radical (unpaired) electrons. The Kier molecular flexibility index (Phi) is 25.5. The molecular formula is C59H81N9O17PS+. The fourth-order valence-corrected chi connectivity index (χ4v) is 11.7. The van der Waals surface area contributed by atoms with Gasteiger partial charge < -0.3 is 55.0 Å². The summed E-state index contributed by atoms with van der Waals surface area (Å²) in [5.74, 6) is -5.92. The highest BCUT2D eigenvalue weighted by Gasteiger charge is 2.34. The second-order valence-electron chi connectivity index (χ2n) is 21.3. The average Bonchev–Trinajstić information content (AvgIpc) is 1.22. The van der Waals surface area contributed by atoms with Crippen LogP contribution in [0.4, 0.5) is 5.69 Å². The Morgan fingerprint density at radius 3 is 1.90 bits per heavy atom. The van der Waals surface area contributed by atoms with Crippen LogP contribution in [0.15, 0.2) is 65.1 Å². The number of piperazine rings is 1. The summed E-state index contributed by atoms with van der Waals surface area (Å²) < 4.78 is 53.8. The third-order valence-electron chi connectivity index (χ3n) is 15.2. The second-order valence-corrected chi connectivity index (χ2v) is 24.6. The molecule has 3 aliphatic heterocycles. The number of fused-ring (bicyclic) bond motifs is 2. The standard InChI is InChI=1S/C59H80N9O17PS/c1-5-64(6-2)40-23-25-44-48(37-40)84-49-38-41(65(7-3)8-4)24-26-45(49)56(44)42-17-9-10-18-43(42)59(77)67-34-32-66(33-35-67)52(71)21-12-11-19-51(70)63-47(39-87(81,82)83)58(76)61-30-15-13-20-50(69)62-46(29-36-86(78,79)80)57(75)60-31-16-14-22-55(74)85-68-53(72)27-28-54(68)73/h9-10,17-18,23-26,37-38,46-47H,5-8,11-16,19-22,27-36,39H2,1-4H3,(H6-,60,61,62,63,69,70,75,76,78,79,80,81,82,83)/p+1. The van der Waals surface area contributed by atoms with Crippen molar-refractivity contribution in [2.24, 2.45) is 0 Å². The molecule has 2 aromatic carbocycles. The van der Waals surface area contributed by atoms with Gasteiger partial charge in [0.05, 0.1) is 12.2 Å². The summed E-state index contributed by atoms with van der Waals surface area (Å²) in [4.78, 5) is 144. The van der Waals surface area contributed by atoms with Gasteiger partial charge in [-0.1, -0.05) is 18.2 Å². The minimum Gasteiger partial charge on any atom is -0.456 e. The van der Waals surface area contributed by atoms with E-state index in [1.807, 2.05) is 24.3 Å². The van der Waals surface area contributed by atoms with E-state index < -0.39 is 89.5 Å². The van der Waals surface area contributed by atoms with Crippen LogP contribution in [0.25, 0.3) is 33.4 Å². The number of carbonyl (C=O) groups excluding carboxylic acids is 9. The molecule has 87 heavy (non-hydrogen) atoms. The molecule has 28 heteroatoms. The van der Waals surface area contributed by atoms with Gasteiger partial charge in [0.15, 0.2) is 0 Å². The van der Waals surface area contributed by atoms with Crippen LogP contribution < -0.4 is 36.1 Å². The van der Waals surface area contributed by atoms with Crippen LogP contribution in [0, 0.1) is 0 Å². The monoisotopic (exact) mass is 1250 g/mol. The van der Waals surface area contributed by atoms with E-state index in [1.165, 1.54) is 0 Å². The first-order valence-electron chi connectivity index (χ1n) is 29.6. The highest BCUT2D eigenvalue weighted by Crippen LogP contribution is 2.42. The van der Waals surface area contributed by atoms with Crippen LogP contribution in [0.5, 0.6) is 0 Å². The van der Waals surface area contributed by atoms with Gasteiger partial charge in [0.2, 0.25) is 34.9 Å². The van der Waals surface area contributed by atoms with Gasteiger partial charge in [0, 0.05) is 131 Å². The Morgan fingerprint density at radius 1 is 0.713 bits per heavy atom. The zero-order valence-electron chi connectivity index (χ0n) is 49.8. The Labute approximate surface area is 505 Å². The minimum atomic E-state index is -4.76. The van der Waals surface area contributed by atoms with E-state index >= 15 is 0 Å². The number of hydrogen-bond donors (Lipinski definition) is 7. The van der Waals surface area contributed by atoms with Gasteiger partial charge in [-0.25, -0.2) is 9.37 Å². The molecule has 2 fully saturated rings. The quantitative estimate of drug-likeness (QED) is 0.00921. The molecule has 8 amide bonds.